The number of benzene rings is 2. The predicted molar refractivity (Wildman–Crippen MR) is 150 cm³/mol. The Labute approximate surface area is 227 Å². The first-order valence-electron chi connectivity index (χ1n) is 13.1. The van der Waals surface area contributed by atoms with E-state index in [1.807, 2.05) is 38.1 Å². The Kier molecular flexibility index (Phi) is 8.24. The van der Waals surface area contributed by atoms with E-state index in [1.54, 1.807) is 30.5 Å². The summed E-state index contributed by atoms with van der Waals surface area (Å²) in [6.07, 6.45) is 0.979. The third-order valence-electron chi connectivity index (χ3n) is 6.83. The number of carbonyl (C=O) groups excluding carboxylic acids is 2. The highest BCUT2D eigenvalue weighted by Gasteiger charge is 2.17. The summed E-state index contributed by atoms with van der Waals surface area (Å²) in [6.45, 7) is 9.66. The summed E-state index contributed by atoms with van der Waals surface area (Å²) in [7, 11) is 0. The van der Waals surface area contributed by atoms with Crippen molar-refractivity contribution >= 4 is 34.9 Å². The van der Waals surface area contributed by atoms with Crippen LogP contribution in [0.5, 0.6) is 5.75 Å². The van der Waals surface area contributed by atoms with Crippen LogP contribution >= 0.6 is 0 Å². The molecule has 1 aromatic heterocycles. The zero-order valence-corrected chi connectivity index (χ0v) is 22.2. The molecule has 2 aliphatic rings. The Bertz CT molecular complexity index is 1340. The van der Waals surface area contributed by atoms with E-state index >= 15 is 0 Å². The number of ether oxygens (including phenoxy) is 3. The molecule has 5 rings (SSSR count). The Balaban J connectivity index is 1.22. The molecule has 204 valence electrons. The molecule has 2 aromatic carbocycles. The molecule has 0 bridgehead atoms. The van der Waals surface area contributed by atoms with Gasteiger partial charge in [0.15, 0.2) is 0 Å². The van der Waals surface area contributed by atoms with Gasteiger partial charge in [-0.15, -0.1) is 0 Å². The van der Waals surface area contributed by atoms with E-state index < -0.39 is 6.09 Å². The molecule has 0 spiro atoms. The standard InChI is InChI=1S/C29H33N5O5/c1-20-3-4-22(31-29(36)39-24-7-8-30-27(19-24)34-11-15-38-16-12-34)18-26(20)32-28(35)25-6-5-23(17-21(25)2)33-9-13-37-14-10-33/h3-8,17-19H,9-16H2,1-2H3,(H,31,36)(H,32,35). The van der Waals surface area contributed by atoms with Crippen molar-refractivity contribution in [3.8, 4) is 5.75 Å². The highest BCUT2D eigenvalue weighted by atomic mass is 16.6. The van der Waals surface area contributed by atoms with Crippen molar-refractivity contribution < 1.29 is 23.8 Å². The second-order valence-corrected chi connectivity index (χ2v) is 9.55. The van der Waals surface area contributed by atoms with Gasteiger partial charge in [0.2, 0.25) is 0 Å². The van der Waals surface area contributed by atoms with Crippen LogP contribution in [0.2, 0.25) is 0 Å². The van der Waals surface area contributed by atoms with Crippen LogP contribution in [0.4, 0.5) is 27.7 Å². The molecule has 2 N–H and O–H groups in total. The van der Waals surface area contributed by atoms with Gasteiger partial charge in [-0.05, 0) is 61.4 Å². The van der Waals surface area contributed by atoms with Crippen LogP contribution in [0.3, 0.4) is 0 Å². The number of hydrogen-bond acceptors (Lipinski definition) is 8. The summed E-state index contributed by atoms with van der Waals surface area (Å²) in [5, 5.41) is 5.73. The molecule has 10 heteroatoms. The number of morpholine rings is 2. The average Bonchev–Trinajstić information content (AvgIpc) is 2.96. The first-order chi connectivity index (χ1) is 19.0. The topological polar surface area (TPSA) is 105 Å². The van der Waals surface area contributed by atoms with Gasteiger partial charge in [0.1, 0.15) is 11.6 Å². The molecule has 0 radical (unpaired) electrons. The molecule has 2 amide bonds. The number of hydrogen-bond donors (Lipinski definition) is 2. The molecule has 39 heavy (non-hydrogen) atoms. The number of carbonyl (C=O) groups is 2. The maximum Gasteiger partial charge on any atom is 0.417 e. The lowest BCUT2D eigenvalue weighted by molar-refractivity contribution is 0.102. The predicted octanol–water partition coefficient (Wildman–Crippen LogP) is 4.23. The largest absolute Gasteiger partial charge is 0.417 e. The molecule has 0 unspecified atom stereocenters. The zero-order chi connectivity index (χ0) is 27.2. The first kappa shape index (κ1) is 26.5. The molecule has 3 heterocycles. The minimum Gasteiger partial charge on any atom is -0.410 e. The SMILES string of the molecule is Cc1ccc(NC(=O)Oc2ccnc(N3CCOCC3)c2)cc1NC(=O)c1ccc(N2CCOCC2)cc1C. The fourth-order valence-corrected chi connectivity index (χ4v) is 4.62. The van der Waals surface area contributed by atoms with Crippen molar-refractivity contribution in [3.05, 3.63) is 71.4 Å². The number of pyridine rings is 1. The minimum atomic E-state index is -0.634. The summed E-state index contributed by atoms with van der Waals surface area (Å²) in [4.78, 5) is 34.5. The van der Waals surface area contributed by atoms with Crippen molar-refractivity contribution in [1.82, 2.24) is 4.98 Å². The molecule has 0 saturated carbocycles. The molecule has 10 nitrogen and oxygen atoms in total. The summed E-state index contributed by atoms with van der Waals surface area (Å²) < 4.78 is 16.3. The number of rotatable bonds is 6. The fourth-order valence-electron chi connectivity index (χ4n) is 4.62. The quantitative estimate of drug-likeness (QED) is 0.487. The number of aromatic nitrogens is 1. The molecule has 2 saturated heterocycles. The smallest absolute Gasteiger partial charge is 0.410 e. The normalized spacial score (nSPS) is 15.5. The number of nitrogens with zero attached hydrogens (tertiary/aromatic N) is 3. The van der Waals surface area contributed by atoms with E-state index in [-0.39, 0.29) is 5.91 Å². The monoisotopic (exact) mass is 531 g/mol. The number of nitrogens with one attached hydrogen (secondary N) is 2. The van der Waals surface area contributed by atoms with E-state index in [9.17, 15) is 9.59 Å². The molecule has 3 aromatic rings. The maximum atomic E-state index is 13.1. The number of anilines is 4. The van der Waals surface area contributed by atoms with Crippen LogP contribution in [0.1, 0.15) is 21.5 Å². The van der Waals surface area contributed by atoms with E-state index in [0.29, 0.717) is 49.1 Å². The van der Waals surface area contributed by atoms with Crippen molar-refractivity contribution in [3.63, 3.8) is 0 Å². The Morgan fingerprint density at radius 1 is 0.821 bits per heavy atom. The van der Waals surface area contributed by atoms with Crippen LogP contribution < -0.4 is 25.2 Å². The molecule has 2 aliphatic heterocycles. The summed E-state index contributed by atoms with van der Waals surface area (Å²) in [6, 6.07) is 14.5. The Morgan fingerprint density at radius 3 is 2.26 bits per heavy atom. The highest BCUT2D eigenvalue weighted by Crippen LogP contribution is 2.25. The molecule has 0 aliphatic carbocycles. The summed E-state index contributed by atoms with van der Waals surface area (Å²) in [5.41, 5.74) is 4.54. The van der Waals surface area contributed by atoms with E-state index in [0.717, 1.165) is 48.8 Å². The van der Waals surface area contributed by atoms with Crippen LogP contribution in [-0.4, -0.2) is 69.6 Å². The lowest BCUT2D eigenvalue weighted by Gasteiger charge is -2.29. The Hall–Kier alpha value is -4.15. The second kappa shape index (κ2) is 12.1. The van der Waals surface area contributed by atoms with Crippen molar-refractivity contribution in [2.24, 2.45) is 0 Å². The van der Waals surface area contributed by atoms with Crippen LogP contribution in [0, 0.1) is 13.8 Å². The summed E-state index contributed by atoms with van der Waals surface area (Å²) >= 11 is 0. The minimum absolute atomic E-state index is 0.212. The van der Waals surface area contributed by atoms with Crippen molar-refractivity contribution in [2.45, 2.75) is 13.8 Å². The third kappa shape index (κ3) is 6.65. The number of amides is 2. The van der Waals surface area contributed by atoms with Crippen LogP contribution in [0.15, 0.2) is 54.7 Å². The lowest BCUT2D eigenvalue weighted by Crippen LogP contribution is -2.36. The van der Waals surface area contributed by atoms with Gasteiger partial charge in [-0.3, -0.25) is 10.1 Å². The van der Waals surface area contributed by atoms with Gasteiger partial charge in [0.05, 0.1) is 26.4 Å². The van der Waals surface area contributed by atoms with Crippen LogP contribution in [0.25, 0.3) is 0 Å². The lowest BCUT2D eigenvalue weighted by atomic mass is 10.1. The molecule has 2 fully saturated rings. The van der Waals surface area contributed by atoms with E-state index in [4.69, 9.17) is 14.2 Å². The third-order valence-corrected chi connectivity index (χ3v) is 6.83. The van der Waals surface area contributed by atoms with E-state index in [2.05, 4.69) is 25.4 Å². The number of aryl methyl sites for hydroxylation is 2. The summed E-state index contributed by atoms with van der Waals surface area (Å²) in [5.74, 6) is 0.911. The first-order valence-corrected chi connectivity index (χ1v) is 13.1. The van der Waals surface area contributed by atoms with Gasteiger partial charge >= 0.3 is 6.09 Å². The van der Waals surface area contributed by atoms with Gasteiger partial charge in [-0.1, -0.05) is 6.07 Å². The molecular weight excluding hydrogens is 498 g/mol. The maximum absolute atomic E-state index is 13.1. The second-order valence-electron chi connectivity index (χ2n) is 9.55. The van der Waals surface area contributed by atoms with Gasteiger partial charge in [0, 0.05) is 61.1 Å². The zero-order valence-electron chi connectivity index (χ0n) is 22.2. The molecular formula is C29H33N5O5. The van der Waals surface area contributed by atoms with Gasteiger partial charge in [-0.25, -0.2) is 9.78 Å². The van der Waals surface area contributed by atoms with E-state index in [1.165, 1.54) is 0 Å². The molecule has 0 atom stereocenters. The van der Waals surface area contributed by atoms with Gasteiger partial charge in [0.25, 0.3) is 5.91 Å². The Morgan fingerprint density at radius 2 is 1.54 bits per heavy atom. The average molecular weight is 532 g/mol. The van der Waals surface area contributed by atoms with Gasteiger partial charge in [-0.2, -0.15) is 0 Å². The highest BCUT2D eigenvalue weighted by molar-refractivity contribution is 6.06. The van der Waals surface area contributed by atoms with Crippen molar-refractivity contribution in [1.29, 1.82) is 0 Å². The van der Waals surface area contributed by atoms with Gasteiger partial charge < -0.3 is 29.3 Å². The van der Waals surface area contributed by atoms with Crippen molar-refractivity contribution in [2.75, 3.05) is 73.0 Å². The van der Waals surface area contributed by atoms with Crippen LogP contribution in [-0.2, 0) is 9.47 Å². The fraction of sp³-hybridized carbons (Fsp3) is 0.345.